The van der Waals surface area contributed by atoms with E-state index >= 15 is 0 Å². The third-order valence-electron chi connectivity index (χ3n) is 3.00. The van der Waals surface area contributed by atoms with Gasteiger partial charge in [0.15, 0.2) is 0 Å². The Hall–Kier alpha value is -1.62. The van der Waals surface area contributed by atoms with Crippen molar-refractivity contribution in [3.05, 3.63) is 24.9 Å². The van der Waals surface area contributed by atoms with Crippen molar-refractivity contribution in [1.82, 2.24) is 24.6 Å². The number of hydrogen-bond acceptors (Lipinski definition) is 3. The zero-order valence-corrected chi connectivity index (χ0v) is 12.0. The topological polar surface area (TPSA) is 47.7 Å². The minimum absolute atomic E-state index is 0.513. The van der Waals surface area contributed by atoms with Gasteiger partial charge in [-0.3, -0.25) is 4.68 Å². The van der Waals surface area contributed by atoms with E-state index < -0.39 is 0 Å². The van der Waals surface area contributed by atoms with Crippen LogP contribution in [0.25, 0.3) is 11.3 Å². The average Bonchev–Trinajstić information content (AvgIpc) is 2.97. The Labute approximate surface area is 114 Å². The summed E-state index contributed by atoms with van der Waals surface area (Å²) in [6, 6.07) is 0.513. The largest absolute Gasteiger partial charge is 0.329 e. The van der Waals surface area contributed by atoms with Crippen molar-refractivity contribution in [3.8, 4) is 11.3 Å². The highest BCUT2D eigenvalue weighted by Gasteiger charge is 2.07. The summed E-state index contributed by atoms with van der Waals surface area (Å²) in [5.74, 6) is 0. The second-order valence-corrected chi connectivity index (χ2v) is 5.07. The maximum atomic E-state index is 4.37. The summed E-state index contributed by atoms with van der Waals surface area (Å²) in [5.41, 5.74) is 2.27. The van der Waals surface area contributed by atoms with Crippen LogP contribution in [0, 0.1) is 0 Å². The van der Waals surface area contributed by atoms with Crippen LogP contribution in [0.1, 0.15) is 27.2 Å². The molecular weight excluding hydrogens is 238 g/mol. The van der Waals surface area contributed by atoms with Crippen molar-refractivity contribution in [3.63, 3.8) is 0 Å². The molecule has 5 nitrogen and oxygen atoms in total. The number of rotatable bonds is 7. The lowest BCUT2D eigenvalue weighted by Crippen LogP contribution is -2.26. The van der Waals surface area contributed by atoms with E-state index in [1.54, 1.807) is 0 Å². The molecular formula is C14H23N5. The van der Waals surface area contributed by atoms with Crippen LogP contribution in [0.5, 0.6) is 0 Å². The first-order chi connectivity index (χ1) is 9.20. The average molecular weight is 261 g/mol. The van der Waals surface area contributed by atoms with E-state index in [0.29, 0.717) is 6.04 Å². The van der Waals surface area contributed by atoms with Gasteiger partial charge in [0.1, 0.15) is 0 Å². The quantitative estimate of drug-likeness (QED) is 0.831. The molecule has 2 rings (SSSR count). The molecule has 0 unspecified atom stereocenters. The molecule has 0 amide bonds. The molecule has 104 valence electrons. The van der Waals surface area contributed by atoms with Crippen molar-refractivity contribution in [2.24, 2.45) is 0 Å². The van der Waals surface area contributed by atoms with Crippen LogP contribution in [0.15, 0.2) is 24.9 Å². The van der Waals surface area contributed by atoms with Gasteiger partial charge in [-0.1, -0.05) is 20.8 Å². The van der Waals surface area contributed by atoms with Crippen molar-refractivity contribution in [2.75, 3.05) is 6.54 Å². The highest BCUT2D eigenvalue weighted by Crippen LogP contribution is 2.17. The summed E-state index contributed by atoms with van der Waals surface area (Å²) in [4.78, 5) is 4.25. The zero-order chi connectivity index (χ0) is 13.7. The third kappa shape index (κ3) is 3.67. The maximum Gasteiger partial charge on any atom is 0.0951 e. The Morgan fingerprint density at radius 3 is 2.84 bits per heavy atom. The SMILES string of the molecule is CCCn1cc(-c2cncn2CCNC(C)C)cn1. The van der Waals surface area contributed by atoms with Crippen molar-refractivity contribution in [1.29, 1.82) is 0 Å². The van der Waals surface area contributed by atoms with Crippen LogP contribution in [-0.2, 0) is 13.1 Å². The third-order valence-corrected chi connectivity index (χ3v) is 3.00. The monoisotopic (exact) mass is 261 g/mol. The number of hydrogen-bond donors (Lipinski definition) is 1. The van der Waals surface area contributed by atoms with Gasteiger partial charge in [-0.2, -0.15) is 5.10 Å². The Balaban J connectivity index is 2.05. The van der Waals surface area contributed by atoms with Gasteiger partial charge in [0.25, 0.3) is 0 Å². The standard InChI is InChI=1S/C14H23N5/c1-4-6-19-10-13(8-17-19)14-9-15-11-18(14)7-5-16-12(2)3/h8-12,16H,4-7H2,1-3H3. The van der Waals surface area contributed by atoms with Crippen LogP contribution in [0.2, 0.25) is 0 Å². The number of aromatic nitrogens is 4. The highest BCUT2D eigenvalue weighted by molar-refractivity contribution is 5.56. The van der Waals surface area contributed by atoms with Crippen molar-refractivity contribution >= 4 is 0 Å². The second kappa shape index (κ2) is 6.52. The molecule has 0 fully saturated rings. The molecule has 0 aromatic carbocycles. The van der Waals surface area contributed by atoms with E-state index in [4.69, 9.17) is 0 Å². The van der Waals surface area contributed by atoms with Crippen molar-refractivity contribution < 1.29 is 0 Å². The first-order valence-electron chi connectivity index (χ1n) is 6.97. The van der Waals surface area contributed by atoms with Crippen LogP contribution in [0.4, 0.5) is 0 Å². The van der Waals surface area contributed by atoms with E-state index in [-0.39, 0.29) is 0 Å². The lowest BCUT2D eigenvalue weighted by Gasteiger charge is -2.10. The zero-order valence-electron chi connectivity index (χ0n) is 12.0. The molecule has 5 heteroatoms. The number of aryl methyl sites for hydroxylation is 1. The fourth-order valence-corrected chi connectivity index (χ4v) is 2.06. The summed E-state index contributed by atoms with van der Waals surface area (Å²) < 4.78 is 4.15. The van der Waals surface area contributed by atoms with Gasteiger partial charge < -0.3 is 9.88 Å². The first-order valence-corrected chi connectivity index (χ1v) is 6.97. The van der Waals surface area contributed by atoms with Gasteiger partial charge in [-0.15, -0.1) is 0 Å². The molecule has 0 spiro atoms. The minimum atomic E-state index is 0.513. The molecule has 2 aromatic heterocycles. The van der Waals surface area contributed by atoms with E-state index in [9.17, 15) is 0 Å². The molecule has 0 aliphatic rings. The summed E-state index contributed by atoms with van der Waals surface area (Å²) in [7, 11) is 0. The van der Waals surface area contributed by atoms with Crippen LogP contribution >= 0.6 is 0 Å². The van der Waals surface area contributed by atoms with Gasteiger partial charge in [0.05, 0.1) is 24.4 Å². The van der Waals surface area contributed by atoms with Crippen molar-refractivity contribution in [2.45, 2.75) is 46.3 Å². The minimum Gasteiger partial charge on any atom is -0.329 e. The molecule has 0 radical (unpaired) electrons. The lowest BCUT2D eigenvalue weighted by atomic mass is 10.2. The molecule has 0 bridgehead atoms. The fraction of sp³-hybridized carbons (Fsp3) is 0.571. The molecule has 1 N–H and O–H groups in total. The van der Waals surface area contributed by atoms with Gasteiger partial charge in [-0.05, 0) is 6.42 Å². The molecule has 0 aliphatic heterocycles. The Morgan fingerprint density at radius 1 is 1.26 bits per heavy atom. The fourth-order valence-electron chi connectivity index (χ4n) is 2.06. The summed E-state index contributed by atoms with van der Waals surface area (Å²) in [6.45, 7) is 9.30. The van der Waals surface area contributed by atoms with E-state index in [2.05, 4.69) is 46.9 Å². The van der Waals surface area contributed by atoms with Gasteiger partial charge in [0.2, 0.25) is 0 Å². The van der Waals surface area contributed by atoms with Gasteiger partial charge in [-0.25, -0.2) is 4.98 Å². The van der Waals surface area contributed by atoms with Crippen LogP contribution in [0.3, 0.4) is 0 Å². The predicted octanol–water partition coefficient (Wildman–Crippen LogP) is 2.15. The molecule has 2 heterocycles. The second-order valence-electron chi connectivity index (χ2n) is 5.07. The van der Waals surface area contributed by atoms with E-state index in [0.717, 1.165) is 37.3 Å². The van der Waals surface area contributed by atoms with Crippen LogP contribution < -0.4 is 5.32 Å². The number of nitrogens with zero attached hydrogens (tertiary/aromatic N) is 4. The molecule has 0 atom stereocenters. The number of nitrogens with one attached hydrogen (secondary N) is 1. The Morgan fingerprint density at radius 2 is 2.11 bits per heavy atom. The Bertz CT molecular complexity index is 497. The normalized spacial score (nSPS) is 11.4. The molecule has 0 saturated heterocycles. The van der Waals surface area contributed by atoms with E-state index in [1.165, 1.54) is 0 Å². The van der Waals surface area contributed by atoms with Gasteiger partial charge in [0, 0.05) is 37.4 Å². The molecule has 19 heavy (non-hydrogen) atoms. The van der Waals surface area contributed by atoms with E-state index in [1.807, 2.05) is 23.4 Å². The van der Waals surface area contributed by atoms with Crippen LogP contribution in [-0.4, -0.2) is 31.9 Å². The van der Waals surface area contributed by atoms with Gasteiger partial charge >= 0.3 is 0 Å². The molecule has 0 aliphatic carbocycles. The maximum absolute atomic E-state index is 4.37. The predicted molar refractivity (Wildman–Crippen MR) is 76.9 cm³/mol. The lowest BCUT2D eigenvalue weighted by molar-refractivity contribution is 0.543. The summed E-state index contributed by atoms with van der Waals surface area (Å²) >= 11 is 0. The highest BCUT2D eigenvalue weighted by atomic mass is 15.3. The Kier molecular flexibility index (Phi) is 4.74. The molecule has 2 aromatic rings. The summed E-state index contributed by atoms with van der Waals surface area (Å²) in [5, 5.41) is 7.79. The summed E-state index contributed by atoms with van der Waals surface area (Å²) in [6.07, 6.45) is 8.89. The number of imidazole rings is 1. The molecule has 0 saturated carbocycles. The smallest absolute Gasteiger partial charge is 0.0951 e. The first kappa shape index (κ1) is 13.8.